The highest BCUT2D eigenvalue weighted by Gasteiger charge is 2.12. The molecule has 1 atom stereocenters. The molecule has 12 heavy (non-hydrogen) atoms. The smallest absolute Gasteiger partial charge is 0.254 e. The van der Waals surface area contributed by atoms with Gasteiger partial charge in [-0.15, -0.1) is 0 Å². The summed E-state index contributed by atoms with van der Waals surface area (Å²) in [6, 6.07) is 0. The van der Waals surface area contributed by atoms with Crippen molar-refractivity contribution in [3.63, 3.8) is 0 Å². The van der Waals surface area contributed by atoms with Gasteiger partial charge in [0.2, 0.25) is 0 Å². The lowest BCUT2D eigenvalue weighted by Crippen LogP contribution is -2.01. The number of hydrogen-bond acceptors (Lipinski definition) is 6. The summed E-state index contributed by atoms with van der Waals surface area (Å²) < 4.78 is 9.75. The summed E-state index contributed by atoms with van der Waals surface area (Å²) in [4.78, 5) is 8.28. The number of methoxy groups -OCH3 is 1. The van der Waals surface area contributed by atoms with Crippen LogP contribution in [0.15, 0.2) is 4.52 Å². The lowest BCUT2D eigenvalue weighted by atomic mass is 10.4. The molecule has 68 valence electrons. The van der Waals surface area contributed by atoms with E-state index in [1.807, 2.05) is 6.92 Å². The molecular weight excluding hydrogens is 162 g/mol. The summed E-state index contributed by atoms with van der Waals surface area (Å²) in [6.45, 7) is 1.93. The first-order valence-corrected chi connectivity index (χ1v) is 3.45. The molecule has 1 aromatic heterocycles. The molecule has 1 unspecified atom stereocenters. The molecule has 0 fully saturated rings. The highest BCUT2D eigenvalue weighted by Crippen LogP contribution is 2.11. The molecule has 0 aliphatic carbocycles. The fourth-order valence-corrected chi connectivity index (χ4v) is 0.668. The maximum absolute atomic E-state index is 4.97. The largest absolute Gasteiger partial charge is 0.374 e. The molecule has 0 aliphatic rings. The van der Waals surface area contributed by atoms with Crippen molar-refractivity contribution in [1.29, 1.82) is 0 Å². The lowest BCUT2D eigenvalue weighted by molar-refractivity contribution is 0.0990. The molecule has 0 amide bonds. The molecule has 2 N–H and O–H groups in total. The Morgan fingerprint density at radius 3 is 3.00 bits per heavy atom. The summed E-state index contributed by atoms with van der Waals surface area (Å²) in [5.41, 5.74) is 0. The van der Waals surface area contributed by atoms with E-state index in [2.05, 4.69) is 15.0 Å². The molecule has 0 bridgehead atoms. The molecule has 0 aromatic carbocycles. The van der Waals surface area contributed by atoms with Gasteiger partial charge in [0, 0.05) is 7.11 Å². The second-order valence-corrected chi connectivity index (χ2v) is 2.24. The highest BCUT2D eigenvalue weighted by atomic mass is 16.6. The van der Waals surface area contributed by atoms with Gasteiger partial charge in [-0.2, -0.15) is 4.98 Å². The van der Waals surface area contributed by atoms with Gasteiger partial charge in [-0.25, -0.2) is 5.90 Å². The Bertz CT molecular complexity index is 238. The predicted octanol–water partition coefficient (Wildman–Crippen LogP) is 0.167. The van der Waals surface area contributed by atoms with Gasteiger partial charge in [0.05, 0.1) is 0 Å². The Hall–Kier alpha value is -0.980. The van der Waals surface area contributed by atoms with E-state index in [0.717, 1.165) is 0 Å². The lowest BCUT2D eigenvalue weighted by Gasteiger charge is -2.00. The van der Waals surface area contributed by atoms with E-state index in [1.165, 1.54) is 0 Å². The van der Waals surface area contributed by atoms with E-state index in [1.54, 1.807) is 7.11 Å². The Morgan fingerprint density at radius 2 is 2.42 bits per heavy atom. The van der Waals surface area contributed by atoms with Gasteiger partial charge in [-0.05, 0) is 6.92 Å². The van der Waals surface area contributed by atoms with Crippen LogP contribution in [-0.4, -0.2) is 17.3 Å². The van der Waals surface area contributed by atoms with Crippen LogP contribution in [-0.2, 0) is 16.2 Å². The molecule has 0 spiro atoms. The maximum Gasteiger partial charge on any atom is 0.254 e. The minimum Gasteiger partial charge on any atom is -0.374 e. The van der Waals surface area contributed by atoms with Crippen molar-refractivity contribution in [3.05, 3.63) is 11.7 Å². The van der Waals surface area contributed by atoms with Gasteiger partial charge in [-0.1, -0.05) is 5.16 Å². The predicted molar refractivity (Wildman–Crippen MR) is 38.7 cm³/mol. The number of rotatable bonds is 4. The van der Waals surface area contributed by atoms with E-state index < -0.39 is 0 Å². The third-order valence-corrected chi connectivity index (χ3v) is 1.41. The summed E-state index contributed by atoms with van der Waals surface area (Å²) >= 11 is 0. The van der Waals surface area contributed by atoms with Crippen LogP contribution in [0, 0.1) is 0 Å². The second kappa shape index (κ2) is 4.15. The molecule has 6 heteroatoms. The second-order valence-electron chi connectivity index (χ2n) is 2.24. The standard InChI is InChI=1S/C6H11N3O3/c1-4(10-2)6-8-5(3-11-7)12-9-6/h4H,3,7H2,1-2H3. The average molecular weight is 173 g/mol. The van der Waals surface area contributed by atoms with Gasteiger partial charge in [0.25, 0.3) is 5.89 Å². The Morgan fingerprint density at radius 1 is 1.67 bits per heavy atom. The van der Waals surface area contributed by atoms with E-state index >= 15 is 0 Å². The molecule has 6 nitrogen and oxygen atoms in total. The van der Waals surface area contributed by atoms with Crippen LogP contribution in [0.5, 0.6) is 0 Å². The van der Waals surface area contributed by atoms with E-state index in [-0.39, 0.29) is 12.7 Å². The van der Waals surface area contributed by atoms with Crippen LogP contribution in [0.4, 0.5) is 0 Å². The molecule has 0 saturated heterocycles. The Labute approximate surface area is 69.6 Å². The normalized spacial score (nSPS) is 13.2. The van der Waals surface area contributed by atoms with Crippen LogP contribution < -0.4 is 5.90 Å². The molecular formula is C6H11N3O3. The zero-order valence-corrected chi connectivity index (χ0v) is 6.98. The van der Waals surface area contributed by atoms with Crippen molar-refractivity contribution >= 4 is 0 Å². The first-order valence-electron chi connectivity index (χ1n) is 3.45. The Kier molecular flexibility index (Phi) is 3.15. The van der Waals surface area contributed by atoms with Crippen molar-refractivity contribution in [1.82, 2.24) is 10.1 Å². The van der Waals surface area contributed by atoms with E-state index in [4.69, 9.17) is 15.2 Å². The zero-order valence-electron chi connectivity index (χ0n) is 6.98. The van der Waals surface area contributed by atoms with E-state index in [0.29, 0.717) is 11.7 Å². The average Bonchev–Trinajstić information content (AvgIpc) is 2.52. The van der Waals surface area contributed by atoms with Crippen molar-refractivity contribution in [2.45, 2.75) is 19.6 Å². The zero-order chi connectivity index (χ0) is 8.97. The summed E-state index contributed by atoms with van der Waals surface area (Å²) in [5.74, 6) is 5.65. The van der Waals surface area contributed by atoms with Crippen LogP contribution in [0.25, 0.3) is 0 Å². The number of hydrogen-bond donors (Lipinski definition) is 1. The molecule has 0 saturated carbocycles. The third-order valence-electron chi connectivity index (χ3n) is 1.41. The van der Waals surface area contributed by atoms with Gasteiger partial charge >= 0.3 is 0 Å². The summed E-state index contributed by atoms with van der Waals surface area (Å²) in [7, 11) is 1.57. The monoisotopic (exact) mass is 173 g/mol. The topological polar surface area (TPSA) is 83.4 Å². The molecule has 0 radical (unpaired) electrons. The summed E-state index contributed by atoms with van der Waals surface area (Å²) in [5, 5.41) is 3.66. The Balaban J connectivity index is 2.63. The quantitative estimate of drug-likeness (QED) is 0.653. The third kappa shape index (κ3) is 2.00. The summed E-state index contributed by atoms with van der Waals surface area (Å²) in [6.07, 6.45) is -0.180. The first kappa shape index (κ1) is 9.11. The minimum absolute atomic E-state index is 0.115. The van der Waals surface area contributed by atoms with Crippen molar-refractivity contribution < 1.29 is 14.1 Å². The van der Waals surface area contributed by atoms with Crippen molar-refractivity contribution in [2.75, 3.05) is 7.11 Å². The van der Waals surface area contributed by atoms with Crippen LogP contribution in [0.3, 0.4) is 0 Å². The SMILES string of the molecule is COC(C)c1noc(CON)n1. The number of nitrogens with zero attached hydrogens (tertiary/aromatic N) is 2. The maximum atomic E-state index is 4.97. The fraction of sp³-hybridized carbons (Fsp3) is 0.667. The molecule has 0 aliphatic heterocycles. The van der Waals surface area contributed by atoms with Gasteiger partial charge in [-0.3, -0.25) is 4.84 Å². The van der Waals surface area contributed by atoms with Gasteiger partial charge < -0.3 is 9.26 Å². The van der Waals surface area contributed by atoms with Crippen LogP contribution in [0.1, 0.15) is 24.7 Å². The van der Waals surface area contributed by atoms with Crippen LogP contribution >= 0.6 is 0 Å². The van der Waals surface area contributed by atoms with Crippen molar-refractivity contribution in [3.8, 4) is 0 Å². The van der Waals surface area contributed by atoms with Gasteiger partial charge in [0.1, 0.15) is 12.7 Å². The molecule has 1 heterocycles. The molecule has 1 rings (SSSR count). The minimum atomic E-state index is -0.180. The number of aromatic nitrogens is 2. The fourth-order valence-electron chi connectivity index (χ4n) is 0.668. The van der Waals surface area contributed by atoms with Gasteiger partial charge in [0.15, 0.2) is 5.82 Å². The van der Waals surface area contributed by atoms with Crippen molar-refractivity contribution in [2.24, 2.45) is 5.90 Å². The first-order chi connectivity index (χ1) is 5.77. The van der Waals surface area contributed by atoms with Crippen LogP contribution in [0.2, 0.25) is 0 Å². The molecule has 1 aromatic rings. The highest BCUT2D eigenvalue weighted by molar-refractivity contribution is 4.88. The number of ether oxygens (including phenoxy) is 1. The van der Waals surface area contributed by atoms with E-state index in [9.17, 15) is 0 Å². The number of nitrogens with two attached hydrogens (primary N) is 1.